The van der Waals surface area contributed by atoms with Crippen LogP contribution in [0.4, 0.5) is 5.82 Å². The zero-order valence-electron chi connectivity index (χ0n) is 17.9. The van der Waals surface area contributed by atoms with Crippen LogP contribution in [0.15, 0.2) is 12.4 Å². The Labute approximate surface area is 176 Å². The van der Waals surface area contributed by atoms with Crippen LogP contribution in [-0.4, -0.2) is 38.3 Å². The van der Waals surface area contributed by atoms with Crippen molar-refractivity contribution in [3.8, 4) is 5.95 Å². The smallest absolute Gasteiger partial charge is 0.254 e. The van der Waals surface area contributed by atoms with Crippen molar-refractivity contribution in [2.24, 2.45) is 16.9 Å². The highest BCUT2D eigenvalue weighted by Crippen LogP contribution is 2.37. The van der Waals surface area contributed by atoms with E-state index >= 15 is 0 Å². The number of carbonyl (C=O) groups excluding carboxylic acids is 2. The highest BCUT2D eigenvalue weighted by Gasteiger charge is 2.35. The molecule has 1 fully saturated rings. The van der Waals surface area contributed by atoms with E-state index in [1.807, 2.05) is 17.7 Å². The minimum absolute atomic E-state index is 0.00195. The lowest BCUT2D eigenvalue weighted by Crippen LogP contribution is -2.43. The van der Waals surface area contributed by atoms with Gasteiger partial charge in [-0.05, 0) is 37.2 Å². The maximum atomic E-state index is 12.7. The number of anilines is 1. The highest BCUT2D eigenvalue weighted by atomic mass is 16.1. The van der Waals surface area contributed by atoms with Crippen molar-refractivity contribution in [3.05, 3.63) is 34.8 Å². The van der Waals surface area contributed by atoms with Gasteiger partial charge in [0.1, 0.15) is 5.82 Å². The predicted octanol–water partition coefficient (Wildman–Crippen LogP) is 2.51. The first-order valence-corrected chi connectivity index (χ1v) is 10.6. The third-order valence-electron chi connectivity index (χ3n) is 6.26. The monoisotopic (exact) mass is 410 g/mol. The maximum absolute atomic E-state index is 12.7. The van der Waals surface area contributed by atoms with Crippen molar-refractivity contribution in [1.82, 2.24) is 14.5 Å². The lowest BCUT2D eigenvalue weighted by molar-refractivity contribution is 0.0909. The Morgan fingerprint density at radius 1 is 1.27 bits per heavy atom. The lowest BCUT2D eigenvalue weighted by Gasteiger charge is -2.30. The molecule has 0 aromatic carbocycles. The summed E-state index contributed by atoms with van der Waals surface area (Å²) in [6, 6.07) is 0.0262. The molecule has 2 aromatic rings. The van der Waals surface area contributed by atoms with Crippen LogP contribution >= 0.6 is 0 Å². The first-order valence-electron chi connectivity index (χ1n) is 10.6. The second-order valence-electron chi connectivity index (χ2n) is 9.44. The molecule has 2 aliphatic carbocycles. The van der Waals surface area contributed by atoms with Crippen LogP contribution in [0, 0.1) is 12.3 Å². The topological polar surface area (TPSA) is 129 Å². The minimum Gasteiger partial charge on any atom is -0.365 e. The summed E-state index contributed by atoms with van der Waals surface area (Å²) in [5.74, 6) is 0.381. The zero-order chi connectivity index (χ0) is 21.6. The van der Waals surface area contributed by atoms with Gasteiger partial charge in [-0.15, -0.1) is 0 Å². The molecule has 0 saturated heterocycles. The molecule has 4 rings (SSSR count). The fraction of sp³-hybridized carbons (Fsp3) is 0.545. The first kappa shape index (κ1) is 20.5. The number of primary amides is 1. The largest absolute Gasteiger partial charge is 0.365 e. The summed E-state index contributed by atoms with van der Waals surface area (Å²) in [6.07, 6.45) is 8.67. The Bertz CT molecular complexity index is 1010. The fourth-order valence-corrected chi connectivity index (χ4v) is 4.75. The van der Waals surface area contributed by atoms with Crippen LogP contribution in [0.3, 0.4) is 0 Å². The van der Waals surface area contributed by atoms with E-state index < -0.39 is 5.91 Å². The molecule has 8 nitrogen and oxygen atoms in total. The Balaban J connectivity index is 1.77. The molecule has 1 saturated carbocycles. The quantitative estimate of drug-likeness (QED) is 0.710. The third kappa shape index (κ3) is 3.71. The highest BCUT2D eigenvalue weighted by molar-refractivity contribution is 6.00. The van der Waals surface area contributed by atoms with E-state index in [2.05, 4.69) is 29.1 Å². The third-order valence-corrected chi connectivity index (χ3v) is 6.26. The van der Waals surface area contributed by atoms with Gasteiger partial charge in [0.2, 0.25) is 5.95 Å². The zero-order valence-corrected chi connectivity index (χ0v) is 17.9. The van der Waals surface area contributed by atoms with Crippen molar-refractivity contribution in [2.45, 2.75) is 71.4 Å². The van der Waals surface area contributed by atoms with Crippen molar-refractivity contribution in [1.29, 1.82) is 0 Å². The first-order chi connectivity index (χ1) is 14.2. The molecule has 0 spiro atoms. The van der Waals surface area contributed by atoms with Crippen molar-refractivity contribution in [3.63, 3.8) is 0 Å². The van der Waals surface area contributed by atoms with Crippen LogP contribution in [-0.2, 0) is 6.42 Å². The molecular formula is C22H30N6O2. The summed E-state index contributed by atoms with van der Waals surface area (Å²) in [5, 5.41) is 3.35. The molecule has 0 bridgehead atoms. The van der Waals surface area contributed by atoms with Crippen LogP contribution in [0.25, 0.3) is 5.95 Å². The summed E-state index contributed by atoms with van der Waals surface area (Å²) in [7, 11) is 0. The second kappa shape index (κ2) is 7.50. The van der Waals surface area contributed by atoms with E-state index in [0.717, 1.165) is 48.9 Å². The van der Waals surface area contributed by atoms with E-state index in [0.29, 0.717) is 18.2 Å². The fourth-order valence-electron chi connectivity index (χ4n) is 4.75. The van der Waals surface area contributed by atoms with E-state index in [1.165, 1.54) is 6.20 Å². The Kier molecular flexibility index (Phi) is 5.13. The standard InChI is InChI=1S/C22H30N6O2/c1-12-11-28(16-8-22(2,3)9-17(29)18(12)16)21-25-10-13(19(24)30)20(27-21)26-15-7-5-4-6-14(15)23/h10-11,14-15H,4-9,23H2,1-3H3,(H2,24,30)(H,25,26,27). The number of carbonyl (C=O) groups is 2. The number of fused-ring (bicyclic) bond motifs is 1. The summed E-state index contributed by atoms with van der Waals surface area (Å²) in [4.78, 5) is 33.8. The van der Waals surface area contributed by atoms with Crippen molar-refractivity contribution >= 4 is 17.5 Å². The van der Waals surface area contributed by atoms with Gasteiger partial charge in [0.05, 0.1) is 5.56 Å². The number of rotatable bonds is 4. The average molecular weight is 411 g/mol. The van der Waals surface area contributed by atoms with Crippen molar-refractivity contribution < 1.29 is 9.59 Å². The molecule has 30 heavy (non-hydrogen) atoms. The molecule has 1 amide bonds. The van der Waals surface area contributed by atoms with Gasteiger partial charge in [0.15, 0.2) is 5.78 Å². The number of hydrogen-bond donors (Lipinski definition) is 3. The summed E-state index contributed by atoms with van der Waals surface area (Å²) >= 11 is 0. The number of nitrogens with zero attached hydrogens (tertiary/aromatic N) is 3. The molecule has 2 heterocycles. The Morgan fingerprint density at radius 3 is 2.70 bits per heavy atom. The molecule has 2 aliphatic rings. The van der Waals surface area contributed by atoms with Gasteiger partial charge < -0.3 is 16.8 Å². The molecular weight excluding hydrogens is 380 g/mol. The SMILES string of the molecule is Cc1cn(-c2ncc(C(N)=O)c(NC3CCCCC3N)n2)c2c1C(=O)CC(C)(C)C2. The van der Waals surface area contributed by atoms with Crippen LogP contribution in [0.5, 0.6) is 0 Å². The average Bonchev–Trinajstić information content (AvgIpc) is 2.98. The van der Waals surface area contributed by atoms with Crippen LogP contribution in [0.1, 0.15) is 77.9 Å². The van der Waals surface area contributed by atoms with Gasteiger partial charge in [-0.2, -0.15) is 4.98 Å². The van der Waals surface area contributed by atoms with E-state index in [-0.39, 0.29) is 28.8 Å². The summed E-state index contributed by atoms with van der Waals surface area (Å²) in [5.41, 5.74) is 14.6. The van der Waals surface area contributed by atoms with Gasteiger partial charge in [-0.3, -0.25) is 14.2 Å². The molecule has 160 valence electrons. The Morgan fingerprint density at radius 2 is 2.00 bits per heavy atom. The molecule has 8 heteroatoms. The lowest BCUT2D eigenvalue weighted by atomic mass is 9.75. The number of amides is 1. The molecule has 0 radical (unpaired) electrons. The Hall–Kier alpha value is -2.74. The van der Waals surface area contributed by atoms with Crippen LogP contribution in [0.2, 0.25) is 0 Å². The maximum Gasteiger partial charge on any atom is 0.254 e. The molecule has 2 unspecified atom stereocenters. The molecule has 0 aliphatic heterocycles. The summed E-state index contributed by atoms with van der Waals surface area (Å²) < 4.78 is 1.88. The number of Topliss-reactive ketones (excluding diaryl/α,β-unsaturated/α-hetero) is 1. The predicted molar refractivity (Wildman–Crippen MR) is 115 cm³/mol. The number of nitrogens with one attached hydrogen (secondary N) is 1. The van der Waals surface area contributed by atoms with Gasteiger partial charge in [0.25, 0.3) is 5.91 Å². The van der Waals surface area contributed by atoms with Gasteiger partial charge in [-0.25, -0.2) is 4.98 Å². The van der Waals surface area contributed by atoms with Gasteiger partial charge in [-0.1, -0.05) is 26.7 Å². The van der Waals surface area contributed by atoms with E-state index in [4.69, 9.17) is 11.5 Å². The minimum atomic E-state index is -0.588. The van der Waals surface area contributed by atoms with Crippen LogP contribution < -0.4 is 16.8 Å². The van der Waals surface area contributed by atoms with Gasteiger partial charge in [0, 0.05) is 42.2 Å². The molecule has 5 N–H and O–H groups in total. The van der Waals surface area contributed by atoms with Gasteiger partial charge >= 0.3 is 0 Å². The number of aryl methyl sites for hydroxylation is 1. The second-order valence-corrected chi connectivity index (χ2v) is 9.44. The number of ketones is 1. The van der Waals surface area contributed by atoms with Crippen molar-refractivity contribution in [2.75, 3.05) is 5.32 Å². The number of aromatic nitrogens is 3. The normalized spacial score (nSPS) is 23.1. The van der Waals surface area contributed by atoms with E-state index in [1.54, 1.807) is 0 Å². The number of hydrogen-bond acceptors (Lipinski definition) is 6. The summed E-state index contributed by atoms with van der Waals surface area (Å²) in [6.45, 7) is 6.12. The number of nitrogens with two attached hydrogens (primary N) is 2. The molecule has 2 atom stereocenters. The van der Waals surface area contributed by atoms with E-state index in [9.17, 15) is 9.59 Å². The molecule has 2 aromatic heterocycles.